The zero-order chi connectivity index (χ0) is 17.9. The van der Waals surface area contributed by atoms with Crippen LogP contribution in [0, 0.1) is 5.92 Å². The van der Waals surface area contributed by atoms with Crippen LogP contribution in [0.5, 0.6) is 5.75 Å². The van der Waals surface area contributed by atoms with Crippen LogP contribution in [0.1, 0.15) is 25.7 Å². The first-order chi connectivity index (χ1) is 12.7. The van der Waals surface area contributed by atoms with Gasteiger partial charge in [0.1, 0.15) is 5.75 Å². The number of ether oxygens (including phenoxy) is 1. The van der Waals surface area contributed by atoms with E-state index in [1.807, 2.05) is 36.4 Å². The molecule has 2 fully saturated rings. The number of rotatable bonds is 5. The van der Waals surface area contributed by atoms with Crippen LogP contribution in [0.4, 0.5) is 5.82 Å². The van der Waals surface area contributed by atoms with Gasteiger partial charge in [-0.1, -0.05) is 12.1 Å². The van der Waals surface area contributed by atoms with Gasteiger partial charge in [-0.2, -0.15) is 0 Å². The standard InChI is InChI=1S/C20H24N4O2/c1-26-18-5-3-2-4-16(18)17-8-9-19(23-22-17)24-12-10-14(11-13-24)20(25)21-15-6-7-15/h2-5,8-9,14-15H,6-7,10-13H2,1H3,(H,21,25). The first kappa shape index (κ1) is 16.8. The van der Waals surface area contributed by atoms with Gasteiger partial charge in [0.2, 0.25) is 5.91 Å². The number of methoxy groups -OCH3 is 1. The summed E-state index contributed by atoms with van der Waals surface area (Å²) in [7, 11) is 1.66. The maximum absolute atomic E-state index is 12.2. The van der Waals surface area contributed by atoms with E-state index in [0.717, 1.165) is 61.6 Å². The van der Waals surface area contributed by atoms with E-state index in [0.29, 0.717) is 6.04 Å². The lowest BCUT2D eigenvalue weighted by Gasteiger charge is -2.31. The van der Waals surface area contributed by atoms with E-state index in [1.54, 1.807) is 7.11 Å². The summed E-state index contributed by atoms with van der Waals surface area (Å²) in [5.41, 5.74) is 1.73. The van der Waals surface area contributed by atoms with Crippen LogP contribution < -0.4 is 15.0 Å². The second kappa shape index (κ2) is 7.32. The van der Waals surface area contributed by atoms with Gasteiger partial charge in [0.05, 0.1) is 12.8 Å². The molecule has 0 bridgehead atoms. The molecule has 2 heterocycles. The topological polar surface area (TPSA) is 67.3 Å². The molecule has 0 unspecified atom stereocenters. The van der Waals surface area contributed by atoms with Crippen molar-refractivity contribution in [2.75, 3.05) is 25.1 Å². The monoisotopic (exact) mass is 352 g/mol. The number of hydrogen-bond donors (Lipinski definition) is 1. The maximum Gasteiger partial charge on any atom is 0.223 e. The molecule has 0 atom stereocenters. The smallest absolute Gasteiger partial charge is 0.223 e. The fraction of sp³-hybridized carbons (Fsp3) is 0.450. The Labute approximate surface area is 153 Å². The third-order valence-corrected chi connectivity index (χ3v) is 5.15. The Bertz CT molecular complexity index is 766. The van der Waals surface area contributed by atoms with Crippen LogP contribution in [0.15, 0.2) is 36.4 Å². The highest BCUT2D eigenvalue weighted by atomic mass is 16.5. The molecule has 1 aromatic heterocycles. The quantitative estimate of drug-likeness (QED) is 0.896. The van der Waals surface area contributed by atoms with Crippen LogP contribution in [0.3, 0.4) is 0 Å². The minimum absolute atomic E-state index is 0.132. The number of benzene rings is 1. The molecular formula is C20H24N4O2. The molecular weight excluding hydrogens is 328 g/mol. The number of nitrogens with zero attached hydrogens (tertiary/aromatic N) is 3. The van der Waals surface area contributed by atoms with Gasteiger partial charge >= 0.3 is 0 Å². The predicted molar refractivity (Wildman–Crippen MR) is 100 cm³/mol. The molecule has 0 spiro atoms. The van der Waals surface area contributed by atoms with Crippen molar-refractivity contribution in [3.63, 3.8) is 0 Å². The van der Waals surface area contributed by atoms with Crippen molar-refractivity contribution in [3.05, 3.63) is 36.4 Å². The molecule has 1 aliphatic heterocycles. The second-order valence-electron chi connectivity index (χ2n) is 7.02. The summed E-state index contributed by atoms with van der Waals surface area (Å²) in [6.45, 7) is 1.68. The number of anilines is 1. The zero-order valence-corrected chi connectivity index (χ0v) is 15.0. The van der Waals surface area contributed by atoms with Crippen LogP contribution >= 0.6 is 0 Å². The summed E-state index contributed by atoms with van der Waals surface area (Å²) in [4.78, 5) is 14.4. The first-order valence-electron chi connectivity index (χ1n) is 9.27. The molecule has 1 N–H and O–H groups in total. The number of aromatic nitrogens is 2. The Morgan fingerprint density at radius 2 is 1.85 bits per heavy atom. The molecule has 136 valence electrons. The number of hydrogen-bond acceptors (Lipinski definition) is 5. The largest absolute Gasteiger partial charge is 0.496 e. The lowest BCUT2D eigenvalue weighted by atomic mass is 9.96. The average Bonchev–Trinajstić information content (AvgIpc) is 3.52. The third-order valence-electron chi connectivity index (χ3n) is 5.15. The minimum atomic E-state index is 0.132. The van der Waals surface area contributed by atoms with Crippen molar-refractivity contribution in [2.45, 2.75) is 31.7 Å². The number of piperidine rings is 1. The number of amides is 1. The highest BCUT2D eigenvalue weighted by Crippen LogP contribution is 2.29. The summed E-state index contributed by atoms with van der Waals surface area (Å²) < 4.78 is 5.40. The van der Waals surface area contributed by atoms with Crippen LogP contribution in [-0.2, 0) is 4.79 Å². The van der Waals surface area contributed by atoms with E-state index in [-0.39, 0.29) is 11.8 Å². The Morgan fingerprint density at radius 3 is 2.50 bits per heavy atom. The number of carbonyl (C=O) groups is 1. The number of carbonyl (C=O) groups excluding carboxylic acids is 1. The van der Waals surface area contributed by atoms with Gasteiger partial charge in [-0.3, -0.25) is 4.79 Å². The van der Waals surface area contributed by atoms with Gasteiger partial charge in [0.25, 0.3) is 0 Å². The Balaban J connectivity index is 1.39. The van der Waals surface area contributed by atoms with E-state index >= 15 is 0 Å². The second-order valence-corrected chi connectivity index (χ2v) is 7.02. The SMILES string of the molecule is COc1ccccc1-c1ccc(N2CCC(C(=O)NC3CC3)CC2)nn1. The van der Waals surface area contributed by atoms with E-state index in [2.05, 4.69) is 20.4 Å². The molecule has 1 amide bonds. The van der Waals surface area contributed by atoms with Crippen molar-refractivity contribution in [1.82, 2.24) is 15.5 Å². The molecule has 6 heteroatoms. The minimum Gasteiger partial charge on any atom is -0.496 e. The van der Waals surface area contributed by atoms with E-state index in [4.69, 9.17) is 4.74 Å². The van der Waals surface area contributed by atoms with Crippen molar-refractivity contribution >= 4 is 11.7 Å². The summed E-state index contributed by atoms with van der Waals surface area (Å²) in [5.74, 6) is 2.01. The van der Waals surface area contributed by atoms with Crippen molar-refractivity contribution in [3.8, 4) is 17.0 Å². The molecule has 2 aromatic rings. The normalized spacial score (nSPS) is 17.8. The van der Waals surface area contributed by atoms with Gasteiger partial charge in [-0.05, 0) is 49.9 Å². The summed E-state index contributed by atoms with van der Waals surface area (Å²) in [6.07, 6.45) is 4.01. The van der Waals surface area contributed by atoms with Gasteiger partial charge in [0.15, 0.2) is 5.82 Å². The Hall–Kier alpha value is -2.63. The lowest BCUT2D eigenvalue weighted by Crippen LogP contribution is -2.41. The van der Waals surface area contributed by atoms with Crippen molar-refractivity contribution < 1.29 is 9.53 Å². The number of nitrogens with one attached hydrogen (secondary N) is 1. The molecule has 1 saturated carbocycles. The molecule has 1 aliphatic carbocycles. The van der Waals surface area contributed by atoms with E-state index in [9.17, 15) is 4.79 Å². The van der Waals surface area contributed by atoms with Crippen molar-refractivity contribution in [2.24, 2.45) is 5.92 Å². The molecule has 0 radical (unpaired) electrons. The number of para-hydroxylation sites is 1. The summed E-state index contributed by atoms with van der Waals surface area (Å²) >= 11 is 0. The van der Waals surface area contributed by atoms with Gasteiger partial charge in [-0.25, -0.2) is 0 Å². The fourth-order valence-electron chi connectivity index (χ4n) is 3.41. The lowest BCUT2D eigenvalue weighted by molar-refractivity contribution is -0.125. The molecule has 2 aliphatic rings. The highest BCUT2D eigenvalue weighted by Gasteiger charge is 2.30. The Kier molecular flexibility index (Phi) is 4.73. The highest BCUT2D eigenvalue weighted by molar-refractivity contribution is 5.79. The van der Waals surface area contributed by atoms with Crippen LogP contribution in [0.2, 0.25) is 0 Å². The summed E-state index contributed by atoms with van der Waals surface area (Å²) in [5, 5.41) is 11.9. The zero-order valence-electron chi connectivity index (χ0n) is 15.0. The molecule has 1 saturated heterocycles. The Morgan fingerprint density at radius 1 is 1.08 bits per heavy atom. The molecule has 26 heavy (non-hydrogen) atoms. The molecule has 6 nitrogen and oxygen atoms in total. The third kappa shape index (κ3) is 3.64. The van der Waals surface area contributed by atoms with Gasteiger partial charge < -0.3 is 15.0 Å². The van der Waals surface area contributed by atoms with Crippen LogP contribution in [0.25, 0.3) is 11.3 Å². The average molecular weight is 352 g/mol. The van der Waals surface area contributed by atoms with Crippen LogP contribution in [-0.4, -0.2) is 42.3 Å². The van der Waals surface area contributed by atoms with Gasteiger partial charge in [-0.15, -0.1) is 10.2 Å². The van der Waals surface area contributed by atoms with E-state index < -0.39 is 0 Å². The maximum atomic E-state index is 12.2. The van der Waals surface area contributed by atoms with E-state index in [1.165, 1.54) is 0 Å². The summed E-state index contributed by atoms with van der Waals surface area (Å²) in [6, 6.07) is 12.2. The van der Waals surface area contributed by atoms with Gasteiger partial charge in [0, 0.05) is 30.6 Å². The van der Waals surface area contributed by atoms with Crippen molar-refractivity contribution in [1.29, 1.82) is 0 Å². The fourth-order valence-corrected chi connectivity index (χ4v) is 3.41. The first-order valence-corrected chi connectivity index (χ1v) is 9.27. The molecule has 4 rings (SSSR count). The molecule has 1 aromatic carbocycles. The predicted octanol–water partition coefficient (Wildman–Crippen LogP) is 2.65.